The van der Waals surface area contributed by atoms with Gasteiger partial charge in [0.15, 0.2) is 0 Å². The van der Waals surface area contributed by atoms with Crippen molar-refractivity contribution in [2.45, 2.75) is 26.2 Å². The first-order valence-corrected chi connectivity index (χ1v) is 6.28. The summed E-state index contributed by atoms with van der Waals surface area (Å²) in [6.07, 6.45) is 3.95. The molecule has 1 N–H and O–H groups in total. The summed E-state index contributed by atoms with van der Waals surface area (Å²) in [4.78, 5) is 2.58. The lowest BCUT2D eigenvalue weighted by molar-refractivity contribution is 0.153. The third-order valence-corrected chi connectivity index (χ3v) is 3.10. The van der Waals surface area contributed by atoms with Crippen LogP contribution in [-0.2, 0) is 4.74 Å². The van der Waals surface area contributed by atoms with E-state index in [4.69, 9.17) is 4.74 Å². The Morgan fingerprint density at radius 3 is 3.00 bits per heavy atom. The molecule has 3 nitrogen and oxygen atoms in total. The minimum absolute atomic E-state index is 0.781. The fourth-order valence-corrected chi connectivity index (χ4v) is 2.25. The van der Waals surface area contributed by atoms with E-state index in [1.807, 2.05) is 0 Å². The zero-order chi connectivity index (χ0) is 10.9. The van der Waals surface area contributed by atoms with Crippen LogP contribution >= 0.6 is 0 Å². The minimum atomic E-state index is 0.781. The molecule has 0 radical (unpaired) electrons. The summed E-state index contributed by atoms with van der Waals surface area (Å²) in [5.41, 5.74) is 0. The number of likely N-dealkylation sites (tertiary alicyclic amines) is 1. The second-order valence-electron chi connectivity index (χ2n) is 4.47. The summed E-state index contributed by atoms with van der Waals surface area (Å²) >= 11 is 0. The van der Waals surface area contributed by atoms with E-state index in [-0.39, 0.29) is 0 Å². The molecule has 1 atom stereocenters. The van der Waals surface area contributed by atoms with Crippen molar-refractivity contribution in [3.8, 4) is 0 Å². The number of nitrogens with one attached hydrogen (secondary N) is 1. The lowest BCUT2D eigenvalue weighted by atomic mass is 10.1. The molecule has 1 saturated heterocycles. The number of ether oxygens (including phenoxy) is 1. The molecule has 0 aromatic carbocycles. The second-order valence-corrected chi connectivity index (χ2v) is 4.47. The topological polar surface area (TPSA) is 24.5 Å². The zero-order valence-electron chi connectivity index (χ0n) is 10.3. The van der Waals surface area contributed by atoms with Crippen LogP contribution in [0.5, 0.6) is 0 Å². The molecule has 0 spiro atoms. The summed E-state index contributed by atoms with van der Waals surface area (Å²) in [5, 5.41) is 3.36. The highest BCUT2D eigenvalue weighted by Crippen LogP contribution is 2.16. The summed E-state index contributed by atoms with van der Waals surface area (Å²) in [6, 6.07) is 0. The van der Waals surface area contributed by atoms with E-state index >= 15 is 0 Å². The molecule has 90 valence electrons. The molecule has 15 heavy (non-hydrogen) atoms. The lowest BCUT2D eigenvalue weighted by Crippen LogP contribution is -2.24. The smallest absolute Gasteiger partial charge is 0.0503 e. The first kappa shape index (κ1) is 12.9. The highest BCUT2D eigenvalue weighted by molar-refractivity contribution is 4.75. The van der Waals surface area contributed by atoms with Gasteiger partial charge >= 0.3 is 0 Å². The Bertz CT molecular complexity index is 153. The van der Waals surface area contributed by atoms with E-state index in [2.05, 4.69) is 17.1 Å². The number of hydrogen-bond acceptors (Lipinski definition) is 3. The van der Waals surface area contributed by atoms with Crippen molar-refractivity contribution in [3.63, 3.8) is 0 Å². The Morgan fingerprint density at radius 2 is 2.27 bits per heavy atom. The molecule has 1 heterocycles. The largest absolute Gasteiger partial charge is 0.384 e. The Kier molecular flexibility index (Phi) is 6.98. The van der Waals surface area contributed by atoms with Gasteiger partial charge in [0.05, 0.1) is 6.61 Å². The first-order valence-electron chi connectivity index (χ1n) is 6.28. The van der Waals surface area contributed by atoms with Gasteiger partial charge in [-0.3, -0.25) is 0 Å². The fraction of sp³-hybridized carbons (Fsp3) is 1.00. The molecule has 1 fully saturated rings. The number of rotatable bonds is 8. The zero-order valence-corrected chi connectivity index (χ0v) is 10.3. The number of hydrogen-bond donors (Lipinski definition) is 1. The van der Waals surface area contributed by atoms with Crippen molar-refractivity contribution in [2.24, 2.45) is 5.92 Å². The second kappa shape index (κ2) is 8.08. The van der Waals surface area contributed by atoms with Crippen molar-refractivity contribution < 1.29 is 4.74 Å². The average molecular weight is 214 g/mol. The van der Waals surface area contributed by atoms with Crippen molar-refractivity contribution in [1.29, 1.82) is 0 Å². The van der Waals surface area contributed by atoms with Gasteiger partial charge in [-0.05, 0) is 51.4 Å². The van der Waals surface area contributed by atoms with Gasteiger partial charge in [0.25, 0.3) is 0 Å². The molecule has 0 bridgehead atoms. The monoisotopic (exact) mass is 214 g/mol. The van der Waals surface area contributed by atoms with Crippen LogP contribution in [0.25, 0.3) is 0 Å². The van der Waals surface area contributed by atoms with E-state index in [9.17, 15) is 0 Å². The predicted octanol–water partition coefficient (Wildman–Crippen LogP) is 1.34. The molecule has 0 amide bonds. The average Bonchev–Trinajstić information content (AvgIpc) is 2.66. The Hall–Kier alpha value is -0.120. The summed E-state index contributed by atoms with van der Waals surface area (Å²) < 4.78 is 5.19. The molecule has 0 saturated carbocycles. The Labute approximate surface area is 94.2 Å². The molecular formula is C12H26N2O. The van der Waals surface area contributed by atoms with Crippen LogP contribution in [0.15, 0.2) is 0 Å². The van der Waals surface area contributed by atoms with Crippen molar-refractivity contribution in [1.82, 2.24) is 10.2 Å². The highest BCUT2D eigenvalue weighted by atomic mass is 16.5. The predicted molar refractivity (Wildman–Crippen MR) is 64.2 cm³/mol. The molecule has 1 rings (SSSR count). The third-order valence-electron chi connectivity index (χ3n) is 3.10. The van der Waals surface area contributed by atoms with Crippen LogP contribution < -0.4 is 5.32 Å². The lowest BCUT2D eigenvalue weighted by Gasteiger charge is -2.15. The van der Waals surface area contributed by atoms with Gasteiger partial charge in [-0.1, -0.05) is 6.92 Å². The van der Waals surface area contributed by atoms with Crippen LogP contribution in [-0.4, -0.2) is 51.3 Å². The van der Waals surface area contributed by atoms with Crippen molar-refractivity contribution in [3.05, 3.63) is 0 Å². The van der Waals surface area contributed by atoms with E-state index in [0.29, 0.717) is 0 Å². The maximum Gasteiger partial charge on any atom is 0.0503 e. The Morgan fingerprint density at radius 1 is 1.40 bits per heavy atom. The van der Waals surface area contributed by atoms with Gasteiger partial charge < -0.3 is 15.0 Å². The SMILES string of the molecule is CCNCCCCN1CCC(COC)C1. The van der Waals surface area contributed by atoms with Gasteiger partial charge in [-0.25, -0.2) is 0 Å². The number of unbranched alkanes of at least 4 members (excludes halogenated alkanes) is 1. The molecule has 1 aliphatic rings. The van der Waals surface area contributed by atoms with E-state index in [0.717, 1.165) is 19.1 Å². The highest BCUT2D eigenvalue weighted by Gasteiger charge is 2.21. The number of nitrogens with zero attached hydrogens (tertiary/aromatic N) is 1. The molecule has 1 aliphatic heterocycles. The van der Waals surface area contributed by atoms with Gasteiger partial charge in [-0.15, -0.1) is 0 Å². The molecule has 0 aromatic heterocycles. The van der Waals surface area contributed by atoms with Crippen LogP contribution in [0.4, 0.5) is 0 Å². The maximum absolute atomic E-state index is 5.19. The summed E-state index contributed by atoms with van der Waals surface area (Å²) in [6.45, 7) is 9.16. The summed E-state index contributed by atoms with van der Waals surface area (Å²) in [5.74, 6) is 0.781. The standard InChI is InChI=1S/C12H26N2O/c1-3-13-7-4-5-8-14-9-6-12(10-14)11-15-2/h12-13H,3-11H2,1-2H3. The van der Waals surface area contributed by atoms with Crippen molar-refractivity contribution >= 4 is 0 Å². The molecule has 1 unspecified atom stereocenters. The molecule has 0 aliphatic carbocycles. The number of methoxy groups -OCH3 is 1. The minimum Gasteiger partial charge on any atom is -0.384 e. The van der Waals surface area contributed by atoms with Gasteiger partial charge in [0.2, 0.25) is 0 Å². The Balaban J connectivity index is 1.94. The van der Waals surface area contributed by atoms with Crippen molar-refractivity contribution in [2.75, 3.05) is 46.4 Å². The summed E-state index contributed by atoms with van der Waals surface area (Å²) in [7, 11) is 1.80. The first-order chi connectivity index (χ1) is 7.36. The molecule has 3 heteroatoms. The molecular weight excluding hydrogens is 188 g/mol. The van der Waals surface area contributed by atoms with Crippen LogP contribution in [0.3, 0.4) is 0 Å². The third kappa shape index (κ3) is 5.50. The fourth-order valence-electron chi connectivity index (χ4n) is 2.25. The van der Waals surface area contributed by atoms with E-state index < -0.39 is 0 Å². The van der Waals surface area contributed by atoms with Gasteiger partial charge in [0, 0.05) is 13.7 Å². The quantitative estimate of drug-likeness (QED) is 0.617. The van der Waals surface area contributed by atoms with Gasteiger partial charge in [-0.2, -0.15) is 0 Å². The van der Waals surface area contributed by atoms with Crippen LogP contribution in [0, 0.1) is 5.92 Å². The van der Waals surface area contributed by atoms with Gasteiger partial charge in [0.1, 0.15) is 0 Å². The van der Waals surface area contributed by atoms with Crippen LogP contribution in [0.1, 0.15) is 26.2 Å². The van der Waals surface area contributed by atoms with E-state index in [1.54, 1.807) is 7.11 Å². The molecule has 0 aromatic rings. The normalized spacial score (nSPS) is 22.4. The maximum atomic E-state index is 5.19. The van der Waals surface area contributed by atoms with E-state index in [1.165, 1.54) is 45.4 Å². The van der Waals surface area contributed by atoms with Crippen LogP contribution in [0.2, 0.25) is 0 Å².